The fourth-order valence-corrected chi connectivity index (χ4v) is 2.55. The van der Waals surface area contributed by atoms with Crippen LogP contribution >= 0.6 is 11.6 Å². The number of carbonyl (C=O) groups excluding carboxylic acids is 2. The second-order valence-corrected chi connectivity index (χ2v) is 4.91. The van der Waals surface area contributed by atoms with Gasteiger partial charge in [0.25, 0.3) is 17.5 Å². The second-order valence-electron chi connectivity index (χ2n) is 4.51. The summed E-state index contributed by atoms with van der Waals surface area (Å²) in [4.78, 5) is 35.0. The molecule has 110 valence electrons. The number of anilines is 1. The van der Waals surface area contributed by atoms with Gasteiger partial charge in [-0.25, -0.2) is 9.29 Å². The Labute approximate surface area is 127 Å². The predicted octanol–water partition coefficient (Wildman–Crippen LogP) is 3.19. The van der Waals surface area contributed by atoms with E-state index in [9.17, 15) is 24.1 Å². The molecule has 3 rings (SSSR count). The van der Waals surface area contributed by atoms with Crippen LogP contribution in [0.25, 0.3) is 0 Å². The SMILES string of the molecule is O=C1c2ccccc2C(=O)N1c1c(F)cc([N+](=O)[O-])cc1Cl. The Bertz CT molecular complexity index is 794. The largest absolute Gasteiger partial charge is 0.274 e. The van der Waals surface area contributed by atoms with Crippen molar-refractivity contribution in [3.05, 3.63) is 68.5 Å². The van der Waals surface area contributed by atoms with Gasteiger partial charge in [0.1, 0.15) is 5.69 Å². The normalized spacial score (nSPS) is 13.5. The first-order valence-corrected chi connectivity index (χ1v) is 6.41. The molecular weight excluding hydrogens is 315 g/mol. The highest BCUT2D eigenvalue weighted by molar-refractivity contribution is 6.40. The third-order valence-electron chi connectivity index (χ3n) is 3.23. The number of benzene rings is 2. The molecule has 6 nitrogen and oxygen atoms in total. The molecule has 0 saturated heterocycles. The molecule has 22 heavy (non-hydrogen) atoms. The van der Waals surface area contributed by atoms with Crippen LogP contribution in [0.3, 0.4) is 0 Å². The van der Waals surface area contributed by atoms with E-state index in [4.69, 9.17) is 11.6 Å². The van der Waals surface area contributed by atoms with E-state index in [1.54, 1.807) is 12.1 Å². The first kappa shape index (κ1) is 14.2. The van der Waals surface area contributed by atoms with Crippen LogP contribution in [0.15, 0.2) is 36.4 Å². The molecule has 0 fully saturated rings. The van der Waals surface area contributed by atoms with Gasteiger partial charge in [0.05, 0.1) is 27.1 Å². The van der Waals surface area contributed by atoms with Crippen LogP contribution in [-0.4, -0.2) is 16.7 Å². The fraction of sp³-hybridized carbons (Fsp3) is 0. The Morgan fingerprint density at radius 2 is 1.64 bits per heavy atom. The maximum atomic E-state index is 14.2. The molecule has 2 amide bonds. The number of halogens is 2. The summed E-state index contributed by atoms with van der Waals surface area (Å²) in [5.41, 5.74) is -0.802. The monoisotopic (exact) mass is 320 g/mol. The minimum atomic E-state index is -1.12. The summed E-state index contributed by atoms with van der Waals surface area (Å²) >= 11 is 5.84. The predicted molar refractivity (Wildman–Crippen MR) is 75.6 cm³/mol. The van der Waals surface area contributed by atoms with E-state index < -0.39 is 33.9 Å². The van der Waals surface area contributed by atoms with Crippen molar-refractivity contribution in [3.8, 4) is 0 Å². The van der Waals surface area contributed by atoms with Gasteiger partial charge in [-0.05, 0) is 12.1 Å². The molecule has 2 aromatic carbocycles. The quantitative estimate of drug-likeness (QED) is 0.483. The molecule has 0 unspecified atom stereocenters. The van der Waals surface area contributed by atoms with Crippen molar-refractivity contribution in [1.82, 2.24) is 0 Å². The molecule has 0 bridgehead atoms. The number of amides is 2. The number of hydrogen-bond acceptors (Lipinski definition) is 4. The van der Waals surface area contributed by atoms with Gasteiger partial charge >= 0.3 is 0 Å². The number of nitrogens with zero attached hydrogens (tertiary/aromatic N) is 2. The zero-order valence-corrected chi connectivity index (χ0v) is 11.5. The molecule has 8 heteroatoms. The summed E-state index contributed by atoms with van der Waals surface area (Å²) in [7, 11) is 0. The first-order valence-electron chi connectivity index (χ1n) is 6.03. The van der Waals surface area contributed by atoms with Crippen LogP contribution in [0.5, 0.6) is 0 Å². The van der Waals surface area contributed by atoms with Gasteiger partial charge in [-0.1, -0.05) is 23.7 Å². The molecular formula is C14H6ClFN2O4. The third kappa shape index (κ3) is 1.94. The molecule has 0 aliphatic carbocycles. The van der Waals surface area contributed by atoms with Crippen LogP contribution < -0.4 is 4.90 Å². The smallest absolute Gasteiger partial charge is 0.268 e. The number of nitro benzene ring substituents is 1. The molecule has 0 N–H and O–H groups in total. The van der Waals surface area contributed by atoms with E-state index >= 15 is 0 Å². The zero-order valence-electron chi connectivity index (χ0n) is 10.7. The third-order valence-corrected chi connectivity index (χ3v) is 3.52. The van der Waals surface area contributed by atoms with E-state index in [1.807, 2.05) is 0 Å². The lowest BCUT2D eigenvalue weighted by atomic mass is 10.1. The fourth-order valence-electron chi connectivity index (χ4n) is 2.26. The number of nitro groups is 1. The van der Waals surface area contributed by atoms with Crippen molar-refractivity contribution < 1.29 is 18.9 Å². The lowest BCUT2D eigenvalue weighted by Crippen LogP contribution is -2.30. The minimum absolute atomic E-state index is 0.126. The topological polar surface area (TPSA) is 80.5 Å². The van der Waals surface area contributed by atoms with Crippen molar-refractivity contribution in [2.75, 3.05) is 4.90 Å². The molecule has 0 saturated carbocycles. The Kier molecular flexibility index (Phi) is 3.14. The summed E-state index contributed by atoms with van der Waals surface area (Å²) in [6.45, 7) is 0. The number of non-ortho nitro benzene ring substituents is 1. The molecule has 1 aliphatic rings. The van der Waals surface area contributed by atoms with E-state index in [1.165, 1.54) is 12.1 Å². The van der Waals surface area contributed by atoms with Crippen LogP contribution in [0.4, 0.5) is 15.8 Å². The van der Waals surface area contributed by atoms with Crippen LogP contribution in [0.2, 0.25) is 5.02 Å². The van der Waals surface area contributed by atoms with Gasteiger partial charge in [0.15, 0.2) is 5.82 Å². The van der Waals surface area contributed by atoms with Crippen molar-refractivity contribution in [2.45, 2.75) is 0 Å². The number of rotatable bonds is 2. The average molecular weight is 321 g/mol. The standard InChI is InChI=1S/C14H6ClFN2O4/c15-10-5-7(18(21)22)6-11(16)12(10)17-13(19)8-3-1-2-4-9(8)14(17)20/h1-6H. The summed E-state index contributed by atoms with van der Waals surface area (Å²) < 4.78 is 14.2. The Morgan fingerprint density at radius 1 is 1.09 bits per heavy atom. The highest BCUT2D eigenvalue weighted by Gasteiger charge is 2.39. The molecule has 0 spiro atoms. The second kappa shape index (κ2) is 4.88. The number of imide groups is 1. The average Bonchev–Trinajstić information content (AvgIpc) is 2.72. The highest BCUT2D eigenvalue weighted by atomic mass is 35.5. The molecule has 2 aromatic rings. The Balaban J connectivity index is 2.16. The number of hydrogen-bond donors (Lipinski definition) is 0. The maximum absolute atomic E-state index is 14.2. The summed E-state index contributed by atoms with van der Waals surface area (Å²) in [5, 5.41) is 10.3. The summed E-state index contributed by atoms with van der Waals surface area (Å²) in [5.74, 6) is -2.57. The Morgan fingerprint density at radius 3 is 2.09 bits per heavy atom. The number of carbonyl (C=O) groups is 2. The zero-order chi connectivity index (χ0) is 16.0. The van der Waals surface area contributed by atoms with E-state index in [0.717, 1.165) is 6.07 Å². The molecule has 0 radical (unpaired) electrons. The van der Waals surface area contributed by atoms with E-state index in [2.05, 4.69) is 0 Å². The van der Waals surface area contributed by atoms with Gasteiger partial charge in [-0.2, -0.15) is 0 Å². The van der Waals surface area contributed by atoms with Crippen molar-refractivity contribution in [1.29, 1.82) is 0 Å². The first-order chi connectivity index (χ1) is 10.4. The molecule has 1 heterocycles. The molecule has 1 aliphatic heterocycles. The van der Waals surface area contributed by atoms with Crippen molar-refractivity contribution in [2.24, 2.45) is 0 Å². The lowest BCUT2D eigenvalue weighted by Gasteiger charge is -2.16. The van der Waals surface area contributed by atoms with Gasteiger partial charge < -0.3 is 0 Å². The van der Waals surface area contributed by atoms with Crippen LogP contribution in [-0.2, 0) is 0 Å². The van der Waals surface area contributed by atoms with Gasteiger partial charge in [0.2, 0.25) is 0 Å². The van der Waals surface area contributed by atoms with Gasteiger partial charge in [-0.3, -0.25) is 19.7 Å². The van der Waals surface area contributed by atoms with E-state index in [-0.39, 0.29) is 16.1 Å². The van der Waals surface area contributed by atoms with Crippen molar-refractivity contribution >= 4 is 34.8 Å². The number of fused-ring (bicyclic) bond motifs is 1. The van der Waals surface area contributed by atoms with Gasteiger partial charge in [0, 0.05) is 6.07 Å². The van der Waals surface area contributed by atoms with E-state index in [0.29, 0.717) is 11.0 Å². The van der Waals surface area contributed by atoms with Gasteiger partial charge in [-0.15, -0.1) is 0 Å². The van der Waals surface area contributed by atoms with Crippen LogP contribution in [0, 0.1) is 15.9 Å². The minimum Gasteiger partial charge on any atom is -0.268 e. The highest BCUT2D eigenvalue weighted by Crippen LogP contribution is 2.37. The summed E-state index contributed by atoms with van der Waals surface area (Å²) in [6, 6.07) is 7.52. The summed E-state index contributed by atoms with van der Waals surface area (Å²) in [6.07, 6.45) is 0. The van der Waals surface area contributed by atoms with Crippen molar-refractivity contribution in [3.63, 3.8) is 0 Å². The lowest BCUT2D eigenvalue weighted by molar-refractivity contribution is -0.385. The molecule has 0 atom stereocenters. The maximum Gasteiger partial charge on any atom is 0.274 e. The van der Waals surface area contributed by atoms with Crippen LogP contribution in [0.1, 0.15) is 20.7 Å². The Hall–Kier alpha value is -2.80. The molecule has 0 aromatic heterocycles.